The minimum absolute atomic E-state index is 0.0709. The first-order valence-electron chi connectivity index (χ1n) is 3.26. The van der Waals surface area contributed by atoms with E-state index in [4.69, 9.17) is 0 Å². The van der Waals surface area contributed by atoms with Gasteiger partial charge in [-0.15, -0.1) is 11.3 Å². The van der Waals surface area contributed by atoms with Gasteiger partial charge in [0.05, 0.1) is 0 Å². The fourth-order valence-electron chi connectivity index (χ4n) is 0.627. The van der Waals surface area contributed by atoms with Crippen LogP contribution in [0.4, 0.5) is 0 Å². The molecule has 0 aliphatic carbocycles. The Bertz CT molecular complexity index is 251. The predicted octanol–water partition coefficient (Wildman–Crippen LogP) is 1.51. The summed E-state index contributed by atoms with van der Waals surface area (Å²) in [5, 5.41) is 4.48. The third-order valence-electron chi connectivity index (χ3n) is 1.19. The molecule has 0 aliphatic rings. The van der Waals surface area contributed by atoms with Gasteiger partial charge in [-0.25, -0.2) is 0 Å². The van der Waals surface area contributed by atoms with Crippen molar-refractivity contribution in [3.05, 3.63) is 28.5 Å². The molecule has 1 heterocycles. The van der Waals surface area contributed by atoms with Crippen LogP contribution in [0, 0.1) is 0 Å². The van der Waals surface area contributed by atoms with Gasteiger partial charge in [-0.1, -0.05) is 6.07 Å². The zero-order chi connectivity index (χ0) is 8.10. The second-order valence-electron chi connectivity index (χ2n) is 1.96. The summed E-state index contributed by atoms with van der Waals surface area (Å²) in [5.74, 6) is -0.0709. The number of hydrogen-bond donors (Lipinski definition) is 1. The highest BCUT2D eigenvalue weighted by Crippen LogP contribution is 2.09. The van der Waals surface area contributed by atoms with Crippen molar-refractivity contribution in [2.75, 3.05) is 7.05 Å². The van der Waals surface area contributed by atoms with Gasteiger partial charge in [-0.05, 0) is 17.5 Å². The van der Waals surface area contributed by atoms with Crippen molar-refractivity contribution in [3.63, 3.8) is 0 Å². The molecule has 0 bridgehead atoms. The Morgan fingerprint density at radius 2 is 2.55 bits per heavy atom. The molecular formula is C8H9NOS. The summed E-state index contributed by atoms with van der Waals surface area (Å²) in [4.78, 5) is 11.8. The largest absolute Gasteiger partial charge is 0.356 e. The molecule has 0 spiro atoms. The lowest BCUT2D eigenvalue weighted by Gasteiger charge is -1.87. The van der Waals surface area contributed by atoms with Gasteiger partial charge in [0.2, 0.25) is 5.91 Å². The Morgan fingerprint density at radius 1 is 1.73 bits per heavy atom. The van der Waals surface area contributed by atoms with Crippen molar-refractivity contribution in [1.29, 1.82) is 0 Å². The molecule has 11 heavy (non-hydrogen) atoms. The number of thiophene rings is 1. The summed E-state index contributed by atoms with van der Waals surface area (Å²) in [6.45, 7) is 0. The average molecular weight is 167 g/mol. The van der Waals surface area contributed by atoms with Gasteiger partial charge in [0.15, 0.2) is 0 Å². The molecule has 1 amide bonds. The van der Waals surface area contributed by atoms with E-state index in [1.165, 1.54) is 6.08 Å². The van der Waals surface area contributed by atoms with Crippen LogP contribution in [0.1, 0.15) is 4.88 Å². The molecule has 1 rings (SSSR count). The maximum atomic E-state index is 10.7. The molecule has 3 heteroatoms. The lowest BCUT2D eigenvalue weighted by Crippen LogP contribution is -2.13. The van der Waals surface area contributed by atoms with E-state index >= 15 is 0 Å². The molecule has 0 saturated carbocycles. The molecule has 1 aromatic heterocycles. The lowest BCUT2D eigenvalue weighted by atomic mass is 10.4. The van der Waals surface area contributed by atoms with Crippen LogP contribution in [0.15, 0.2) is 23.6 Å². The first-order chi connectivity index (χ1) is 5.33. The molecule has 0 unspecified atom stereocenters. The first-order valence-corrected chi connectivity index (χ1v) is 4.14. The van der Waals surface area contributed by atoms with Crippen LogP contribution >= 0.6 is 11.3 Å². The summed E-state index contributed by atoms with van der Waals surface area (Å²) in [6, 6.07) is 3.91. The minimum Gasteiger partial charge on any atom is -0.356 e. The Kier molecular flexibility index (Phi) is 2.86. The van der Waals surface area contributed by atoms with E-state index in [0.717, 1.165) is 4.88 Å². The fraction of sp³-hybridized carbons (Fsp3) is 0.125. The zero-order valence-corrected chi connectivity index (χ0v) is 7.02. The maximum absolute atomic E-state index is 10.7. The molecule has 0 aromatic carbocycles. The van der Waals surface area contributed by atoms with Gasteiger partial charge >= 0.3 is 0 Å². The van der Waals surface area contributed by atoms with Gasteiger partial charge in [0, 0.05) is 18.0 Å². The van der Waals surface area contributed by atoms with E-state index in [1.54, 1.807) is 24.5 Å². The smallest absolute Gasteiger partial charge is 0.243 e. The van der Waals surface area contributed by atoms with E-state index < -0.39 is 0 Å². The zero-order valence-electron chi connectivity index (χ0n) is 6.20. The molecule has 0 radical (unpaired) electrons. The molecule has 0 atom stereocenters. The molecule has 58 valence electrons. The third kappa shape index (κ3) is 2.55. The minimum atomic E-state index is -0.0709. The Morgan fingerprint density at radius 3 is 3.09 bits per heavy atom. The van der Waals surface area contributed by atoms with Crippen molar-refractivity contribution in [1.82, 2.24) is 5.32 Å². The van der Waals surface area contributed by atoms with Crippen LogP contribution in [-0.4, -0.2) is 13.0 Å². The highest BCUT2D eigenvalue weighted by atomic mass is 32.1. The lowest BCUT2D eigenvalue weighted by molar-refractivity contribution is -0.115. The summed E-state index contributed by atoms with van der Waals surface area (Å²) in [5.41, 5.74) is 0. The highest BCUT2D eigenvalue weighted by Gasteiger charge is 1.89. The summed E-state index contributed by atoms with van der Waals surface area (Å²) in [7, 11) is 1.61. The number of rotatable bonds is 2. The third-order valence-corrected chi connectivity index (χ3v) is 2.03. The molecule has 1 N–H and O–H groups in total. The topological polar surface area (TPSA) is 29.1 Å². The van der Waals surface area contributed by atoms with E-state index in [0.29, 0.717) is 0 Å². The number of carbonyl (C=O) groups excluding carboxylic acids is 1. The second-order valence-corrected chi connectivity index (χ2v) is 2.94. The van der Waals surface area contributed by atoms with Crippen LogP contribution in [0.5, 0.6) is 0 Å². The number of likely N-dealkylation sites (N-methyl/N-ethyl adjacent to an activating group) is 1. The Hall–Kier alpha value is -1.09. The molecule has 0 fully saturated rings. The van der Waals surface area contributed by atoms with Gasteiger partial charge in [-0.3, -0.25) is 4.79 Å². The summed E-state index contributed by atoms with van der Waals surface area (Å²) < 4.78 is 0. The van der Waals surface area contributed by atoms with Gasteiger partial charge in [-0.2, -0.15) is 0 Å². The molecule has 0 saturated heterocycles. The van der Waals surface area contributed by atoms with Crippen LogP contribution in [0.3, 0.4) is 0 Å². The molecular weight excluding hydrogens is 158 g/mol. The van der Waals surface area contributed by atoms with Gasteiger partial charge in [0.1, 0.15) is 0 Å². The second kappa shape index (κ2) is 3.93. The van der Waals surface area contributed by atoms with Crippen LogP contribution < -0.4 is 5.32 Å². The van der Waals surface area contributed by atoms with Crippen molar-refractivity contribution >= 4 is 23.3 Å². The highest BCUT2D eigenvalue weighted by molar-refractivity contribution is 7.10. The monoisotopic (exact) mass is 167 g/mol. The molecule has 1 aromatic rings. The Labute approximate surface area is 69.6 Å². The van der Waals surface area contributed by atoms with E-state index in [9.17, 15) is 4.79 Å². The summed E-state index contributed by atoms with van der Waals surface area (Å²) in [6.07, 6.45) is 3.31. The normalized spacial score (nSPS) is 10.3. The van der Waals surface area contributed by atoms with Gasteiger partial charge < -0.3 is 5.32 Å². The van der Waals surface area contributed by atoms with E-state index in [2.05, 4.69) is 5.32 Å². The number of hydrogen-bond acceptors (Lipinski definition) is 2. The van der Waals surface area contributed by atoms with Crippen molar-refractivity contribution < 1.29 is 4.79 Å². The van der Waals surface area contributed by atoms with Crippen molar-refractivity contribution in [2.24, 2.45) is 0 Å². The van der Waals surface area contributed by atoms with E-state index in [-0.39, 0.29) is 5.91 Å². The Balaban J connectivity index is 2.55. The van der Waals surface area contributed by atoms with Gasteiger partial charge in [0.25, 0.3) is 0 Å². The van der Waals surface area contributed by atoms with Crippen LogP contribution in [-0.2, 0) is 4.79 Å². The van der Waals surface area contributed by atoms with Crippen LogP contribution in [0.25, 0.3) is 6.08 Å². The predicted molar refractivity (Wildman–Crippen MR) is 47.4 cm³/mol. The van der Waals surface area contributed by atoms with Crippen molar-refractivity contribution in [2.45, 2.75) is 0 Å². The summed E-state index contributed by atoms with van der Waals surface area (Å²) >= 11 is 1.61. The fourth-order valence-corrected chi connectivity index (χ4v) is 1.25. The number of nitrogens with one attached hydrogen (secondary N) is 1. The van der Waals surface area contributed by atoms with Crippen molar-refractivity contribution in [3.8, 4) is 0 Å². The van der Waals surface area contributed by atoms with E-state index in [1.807, 2.05) is 17.5 Å². The number of amides is 1. The number of carbonyl (C=O) groups is 1. The quantitative estimate of drug-likeness (QED) is 0.664. The molecule has 0 aliphatic heterocycles. The average Bonchev–Trinajstić information content (AvgIpc) is 2.52. The van der Waals surface area contributed by atoms with Crippen LogP contribution in [0.2, 0.25) is 0 Å². The molecule has 2 nitrogen and oxygen atoms in total. The SMILES string of the molecule is CNC(=O)C=Cc1cccs1. The standard InChI is InChI=1S/C8H9NOS/c1-9-8(10)5-4-7-3-2-6-11-7/h2-6H,1H3,(H,9,10). The first kappa shape index (κ1) is 8.01. The maximum Gasteiger partial charge on any atom is 0.243 e.